The van der Waals surface area contributed by atoms with Gasteiger partial charge in [-0.2, -0.15) is 13.2 Å². The first-order valence-electron chi connectivity index (χ1n) is 11.2. The van der Waals surface area contributed by atoms with Gasteiger partial charge < -0.3 is 14.6 Å². The predicted octanol–water partition coefficient (Wildman–Crippen LogP) is 5.29. The predicted molar refractivity (Wildman–Crippen MR) is 121 cm³/mol. The second-order valence-electron chi connectivity index (χ2n) is 9.08. The number of aromatic amines is 1. The molecule has 0 spiro atoms. The molecule has 0 unspecified atom stereocenters. The lowest BCUT2D eigenvalue weighted by molar-refractivity contribution is -0.141. The molecule has 0 bridgehead atoms. The van der Waals surface area contributed by atoms with Crippen LogP contribution >= 0.6 is 0 Å². The van der Waals surface area contributed by atoms with Crippen LogP contribution in [0, 0.1) is 32.6 Å². The van der Waals surface area contributed by atoms with E-state index in [-0.39, 0.29) is 53.5 Å². The van der Waals surface area contributed by atoms with Crippen molar-refractivity contribution in [3.05, 3.63) is 44.4 Å². The quantitative estimate of drug-likeness (QED) is 0.456. The highest BCUT2D eigenvalue weighted by atomic mass is 19.4. The van der Waals surface area contributed by atoms with Gasteiger partial charge in [-0.25, -0.2) is 18.6 Å². The largest absolute Gasteiger partial charge is 0.462 e. The minimum atomic E-state index is -4.80. The van der Waals surface area contributed by atoms with Gasteiger partial charge in [0.25, 0.3) is 5.92 Å². The Morgan fingerprint density at radius 2 is 1.77 bits per heavy atom. The van der Waals surface area contributed by atoms with E-state index < -0.39 is 41.0 Å². The fourth-order valence-electron chi connectivity index (χ4n) is 4.37. The Morgan fingerprint density at radius 1 is 1.20 bits per heavy atom. The molecule has 0 aromatic carbocycles. The molecule has 11 heteroatoms. The number of esters is 1. The molecule has 0 aliphatic carbocycles. The third kappa shape index (κ3) is 4.77. The van der Waals surface area contributed by atoms with E-state index in [1.807, 2.05) is 0 Å². The van der Waals surface area contributed by atoms with Crippen molar-refractivity contribution in [3.63, 3.8) is 0 Å². The summed E-state index contributed by atoms with van der Waals surface area (Å²) >= 11 is 0. The van der Waals surface area contributed by atoms with Crippen LogP contribution in [-0.2, 0) is 10.9 Å². The lowest BCUT2D eigenvalue weighted by Crippen LogP contribution is -2.52. The zero-order chi connectivity index (χ0) is 26.5. The number of carbonyl (C=O) groups excluding carboxylic acids is 1. The molecule has 0 saturated carbocycles. The molecule has 2 atom stereocenters. The van der Waals surface area contributed by atoms with E-state index in [4.69, 9.17) is 4.74 Å². The second kappa shape index (κ2) is 9.23. The van der Waals surface area contributed by atoms with Gasteiger partial charge in [-0.15, -0.1) is 0 Å². The topological polar surface area (TPSA) is 75.3 Å². The summed E-state index contributed by atoms with van der Waals surface area (Å²) in [6, 6.07) is 1.18. The molecular weight excluding hydrogens is 473 g/mol. The highest BCUT2D eigenvalue weighted by Crippen LogP contribution is 2.43. The molecule has 2 aromatic rings. The number of hydrogen-bond donors (Lipinski definition) is 1. The maximum Gasteiger partial charge on any atom is 0.433 e. The molecule has 1 saturated heterocycles. The number of rotatable bonds is 4. The first kappa shape index (κ1) is 26.6. The SMILES string of the molecule is CCOC(=O)c1c(-c2cc(C)c(C(F)(F)F)nc2N2C[C@@H](C)C(F)(F)[C@H](C)C2)[nH]c(C)c(C)c1=O. The maximum absolute atomic E-state index is 14.5. The molecule has 1 fully saturated rings. The van der Waals surface area contributed by atoms with Crippen molar-refractivity contribution >= 4 is 11.8 Å². The Morgan fingerprint density at radius 3 is 2.29 bits per heavy atom. The van der Waals surface area contributed by atoms with Crippen molar-refractivity contribution in [1.29, 1.82) is 0 Å². The molecule has 1 aliphatic rings. The average Bonchev–Trinajstić information content (AvgIpc) is 2.74. The Hall–Kier alpha value is -2.98. The number of H-pyrrole nitrogens is 1. The Bertz CT molecular complexity index is 1190. The van der Waals surface area contributed by atoms with Gasteiger partial charge in [0, 0.05) is 41.7 Å². The van der Waals surface area contributed by atoms with Gasteiger partial charge in [0.15, 0.2) is 5.43 Å². The molecule has 2 aromatic heterocycles. The van der Waals surface area contributed by atoms with Crippen LogP contribution in [0.1, 0.15) is 53.6 Å². The van der Waals surface area contributed by atoms with Crippen LogP contribution in [0.2, 0.25) is 0 Å². The Balaban J connectivity index is 2.36. The number of anilines is 1. The van der Waals surface area contributed by atoms with E-state index >= 15 is 0 Å². The van der Waals surface area contributed by atoms with Crippen molar-refractivity contribution in [2.24, 2.45) is 11.8 Å². The third-order valence-electron chi connectivity index (χ3n) is 6.51. The molecule has 3 heterocycles. The van der Waals surface area contributed by atoms with E-state index in [1.54, 1.807) is 13.8 Å². The molecule has 3 rings (SSSR count). The number of ether oxygens (including phenoxy) is 1. The highest BCUT2D eigenvalue weighted by Gasteiger charge is 2.48. The van der Waals surface area contributed by atoms with Crippen LogP contribution in [0.15, 0.2) is 10.9 Å². The number of nitrogens with one attached hydrogen (secondary N) is 1. The van der Waals surface area contributed by atoms with Crippen molar-refractivity contribution in [2.75, 3.05) is 24.6 Å². The summed E-state index contributed by atoms with van der Waals surface area (Å²) in [5.41, 5.74) is -1.81. The van der Waals surface area contributed by atoms with Crippen LogP contribution in [0.3, 0.4) is 0 Å². The van der Waals surface area contributed by atoms with Crippen LogP contribution < -0.4 is 10.3 Å². The Labute approximate surface area is 199 Å². The molecule has 1 N–H and O–H groups in total. The fraction of sp³-hybridized carbons (Fsp3) is 0.542. The van der Waals surface area contributed by atoms with Crippen LogP contribution in [0.4, 0.5) is 27.8 Å². The lowest BCUT2D eigenvalue weighted by Gasteiger charge is -2.42. The minimum absolute atomic E-state index is 0.0297. The number of alkyl halides is 5. The summed E-state index contributed by atoms with van der Waals surface area (Å²) in [5, 5.41) is 0. The van der Waals surface area contributed by atoms with Crippen molar-refractivity contribution in [1.82, 2.24) is 9.97 Å². The van der Waals surface area contributed by atoms with E-state index in [1.165, 1.54) is 38.7 Å². The highest BCUT2D eigenvalue weighted by molar-refractivity contribution is 5.98. The number of nitrogens with zero attached hydrogens (tertiary/aromatic N) is 2. The van der Waals surface area contributed by atoms with Crippen molar-refractivity contribution in [2.45, 2.75) is 53.6 Å². The first-order valence-corrected chi connectivity index (χ1v) is 11.2. The zero-order valence-electron chi connectivity index (χ0n) is 20.4. The molecule has 35 heavy (non-hydrogen) atoms. The normalized spacial score (nSPS) is 20.1. The van der Waals surface area contributed by atoms with Gasteiger partial charge in [0.05, 0.1) is 12.3 Å². The smallest absolute Gasteiger partial charge is 0.433 e. The second-order valence-corrected chi connectivity index (χ2v) is 9.08. The fourth-order valence-corrected chi connectivity index (χ4v) is 4.37. The van der Waals surface area contributed by atoms with Gasteiger partial charge in [-0.05, 0) is 39.3 Å². The molecule has 0 amide bonds. The van der Waals surface area contributed by atoms with Crippen LogP contribution in [-0.4, -0.2) is 41.6 Å². The molecule has 192 valence electrons. The summed E-state index contributed by atoms with van der Waals surface area (Å²) in [7, 11) is 0. The molecule has 0 radical (unpaired) electrons. The standard InChI is InChI=1S/C24H28F5N3O3/c1-7-35-22(34)17-18(30-15(6)14(5)19(17)33)16-8-11(2)20(24(27,28)29)31-21(16)32-9-12(3)23(25,26)13(4)10-32/h8,12-13H,7,9-10H2,1-6H3,(H,30,33)/t12-,13-/m1/s1. The van der Waals surface area contributed by atoms with Gasteiger partial charge in [0.1, 0.15) is 17.1 Å². The number of carbonyl (C=O) groups is 1. The van der Waals surface area contributed by atoms with Gasteiger partial charge in [-0.1, -0.05) is 13.8 Å². The number of halogens is 5. The number of pyridine rings is 2. The summed E-state index contributed by atoms with van der Waals surface area (Å²) in [6.07, 6.45) is -4.80. The number of aromatic nitrogens is 2. The van der Waals surface area contributed by atoms with Gasteiger partial charge >= 0.3 is 12.1 Å². The number of aryl methyl sites for hydroxylation is 2. The summed E-state index contributed by atoms with van der Waals surface area (Å²) in [6.45, 7) is 7.95. The number of hydrogen-bond acceptors (Lipinski definition) is 5. The van der Waals surface area contributed by atoms with Gasteiger partial charge in [0.2, 0.25) is 0 Å². The Kier molecular flexibility index (Phi) is 7.02. The van der Waals surface area contributed by atoms with Crippen LogP contribution in [0.25, 0.3) is 11.3 Å². The molecule has 1 aliphatic heterocycles. The third-order valence-corrected chi connectivity index (χ3v) is 6.51. The van der Waals surface area contributed by atoms with Gasteiger partial charge in [-0.3, -0.25) is 4.79 Å². The number of piperidine rings is 1. The van der Waals surface area contributed by atoms with E-state index in [0.717, 1.165) is 0 Å². The average molecular weight is 501 g/mol. The summed E-state index contributed by atoms with van der Waals surface area (Å²) < 4.78 is 75.3. The minimum Gasteiger partial charge on any atom is -0.462 e. The van der Waals surface area contributed by atoms with Crippen LogP contribution in [0.5, 0.6) is 0 Å². The monoisotopic (exact) mass is 501 g/mol. The molecular formula is C24H28F5N3O3. The van der Waals surface area contributed by atoms with Crippen molar-refractivity contribution in [3.8, 4) is 11.3 Å². The van der Waals surface area contributed by atoms with E-state index in [2.05, 4.69) is 9.97 Å². The summed E-state index contributed by atoms with van der Waals surface area (Å²) in [5.74, 6) is -6.53. The van der Waals surface area contributed by atoms with E-state index in [0.29, 0.717) is 5.69 Å². The lowest BCUT2D eigenvalue weighted by atomic mass is 9.86. The maximum atomic E-state index is 14.5. The zero-order valence-corrected chi connectivity index (χ0v) is 20.4. The summed E-state index contributed by atoms with van der Waals surface area (Å²) in [4.78, 5) is 34.0. The first-order chi connectivity index (χ1) is 16.1. The molecule has 6 nitrogen and oxygen atoms in total. The van der Waals surface area contributed by atoms with Crippen molar-refractivity contribution < 1.29 is 31.5 Å². The van der Waals surface area contributed by atoms with E-state index in [9.17, 15) is 31.5 Å².